The molecule has 1 spiro atoms. The molecule has 1 aromatic rings. The molecule has 4 rings (SSSR count). The molecular formula is C23H31F3N4O2. The molecule has 3 aliphatic rings. The van der Waals surface area contributed by atoms with Gasteiger partial charge in [-0.1, -0.05) is 25.9 Å². The third-order valence-electron chi connectivity index (χ3n) is 7.17. The predicted octanol–water partition coefficient (Wildman–Crippen LogP) is 4.50. The summed E-state index contributed by atoms with van der Waals surface area (Å²) in [6, 6.07) is 2.33. The van der Waals surface area contributed by atoms with Crippen LogP contribution in [0.1, 0.15) is 58.4 Å². The van der Waals surface area contributed by atoms with Crippen LogP contribution in [0.15, 0.2) is 23.5 Å². The Bertz CT molecular complexity index is 878. The molecule has 2 aliphatic heterocycles. The topological polar surface area (TPSA) is 58.0 Å². The Kier molecular flexibility index (Phi) is 5.88. The molecular weight excluding hydrogens is 421 g/mol. The van der Waals surface area contributed by atoms with Crippen molar-refractivity contribution in [2.45, 2.75) is 64.7 Å². The zero-order valence-electron chi connectivity index (χ0n) is 18.9. The Hall–Kier alpha value is -2.32. The van der Waals surface area contributed by atoms with Gasteiger partial charge in [-0.25, -0.2) is 4.98 Å². The Morgan fingerprint density at radius 3 is 2.38 bits per heavy atom. The van der Waals surface area contributed by atoms with Gasteiger partial charge in [0.25, 0.3) is 5.91 Å². The van der Waals surface area contributed by atoms with E-state index in [2.05, 4.69) is 30.9 Å². The maximum absolute atomic E-state index is 13.3. The van der Waals surface area contributed by atoms with E-state index in [4.69, 9.17) is 4.84 Å². The first-order valence-corrected chi connectivity index (χ1v) is 11.3. The van der Waals surface area contributed by atoms with E-state index in [1.807, 2.05) is 0 Å². The van der Waals surface area contributed by atoms with Crippen LogP contribution in [0, 0.1) is 11.3 Å². The first kappa shape index (κ1) is 22.9. The van der Waals surface area contributed by atoms with Gasteiger partial charge in [-0.15, -0.1) is 0 Å². The lowest BCUT2D eigenvalue weighted by Crippen LogP contribution is -2.51. The van der Waals surface area contributed by atoms with Crippen molar-refractivity contribution in [2.24, 2.45) is 16.5 Å². The number of alkyl halides is 3. The van der Waals surface area contributed by atoms with Gasteiger partial charge in [0.2, 0.25) is 0 Å². The van der Waals surface area contributed by atoms with Gasteiger partial charge in [-0.05, 0) is 49.1 Å². The van der Waals surface area contributed by atoms with Crippen molar-refractivity contribution < 1.29 is 22.8 Å². The monoisotopic (exact) mass is 452 g/mol. The lowest BCUT2D eigenvalue weighted by atomic mass is 9.67. The second-order valence-corrected chi connectivity index (χ2v) is 10.3. The van der Waals surface area contributed by atoms with Crippen LogP contribution in [0.25, 0.3) is 0 Å². The highest BCUT2D eigenvalue weighted by Gasteiger charge is 2.46. The lowest BCUT2D eigenvalue weighted by molar-refractivity contribution is -0.137. The molecule has 1 aliphatic carbocycles. The molecule has 0 atom stereocenters. The standard InChI is InChI=1S/C23H31F3N4O2/c1-21(2,3)16-6-8-22(9-7-16)15-18(28-32-22)20(31)30-13-11-29(12-14-30)19-17(23(24,25)26)5-4-10-27-19/h4-5,10,16H,6-9,11-15H2,1-3H3/t16-,22+. The first-order chi connectivity index (χ1) is 15.0. The zero-order chi connectivity index (χ0) is 23.1. The van der Waals surface area contributed by atoms with E-state index < -0.39 is 11.7 Å². The minimum Gasteiger partial charge on any atom is -0.388 e. The van der Waals surface area contributed by atoms with E-state index in [9.17, 15) is 18.0 Å². The molecule has 6 nitrogen and oxygen atoms in total. The quantitative estimate of drug-likeness (QED) is 0.663. The van der Waals surface area contributed by atoms with Gasteiger partial charge in [-0.3, -0.25) is 4.79 Å². The van der Waals surface area contributed by atoms with Crippen LogP contribution < -0.4 is 4.90 Å². The van der Waals surface area contributed by atoms with Crippen molar-refractivity contribution in [3.8, 4) is 0 Å². The number of halogens is 3. The normalized spacial score (nSPS) is 26.8. The van der Waals surface area contributed by atoms with Crippen LogP contribution in [0.4, 0.5) is 19.0 Å². The third-order valence-corrected chi connectivity index (χ3v) is 7.17. The molecule has 0 radical (unpaired) electrons. The van der Waals surface area contributed by atoms with Crippen LogP contribution in [0.3, 0.4) is 0 Å². The van der Waals surface area contributed by atoms with Crippen molar-refractivity contribution >= 4 is 17.4 Å². The summed E-state index contributed by atoms with van der Waals surface area (Å²) in [6.45, 7) is 8.02. The van der Waals surface area contributed by atoms with Crippen molar-refractivity contribution in [1.29, 1.82) is 0 Å². The van der Waals surface area contributed by atoms with Crippen LogP contribution >= 0.6 is 0 Å². The number of amides is 1. The number of aromatic nitrogens is 1. The largest absolute Gasteiger partial charge is 0.419 e. The maximum atomic E-state index is 13.3. The molecule has 176 valence electrons. The number of oxime groups is 1. The number of piperazine rings is 1. The van der Waals surface area contributed by atoms with Gasteiger partial charge in [0.05, 0.1) is 5.56 Å². The number of anilines is 1. The molecule has 3 heterocycles. The van der Waals surface area contributed by atoms with Crippen molar-refractivity contribution in [1.82, 2.24) is 9.88 Å². The average molecular weight is 453 g/mol. The SMILES string of the molecule is CC(C)(C)[C@H]1CC[C@@]2(CC1)CC(C(=O)N1CCN(c3ncccc3C(F)(F)F)CC1)=NO2. The van der Waals surface area contributed by atoms with Crippen LogP contribution in [0.2, 0.25) is 0 Å². The molecule has 1 saturated carbocycles. The summed E-state index contributed by atoms with van der Waals surface area (Å²) in [5.74, 6) is 0.387. The highest BCUT2D eigenvalue weighted by molar-refractivity contribution is 6.39. The van der Waals surface area contributed by atoms with Crippen molar-refractivity contribution in [3.05, 3.63) is 23.9 Å². The Morgan fingerprint density at radius 2 is 1.78 bits per heavy atom. The highest BCUT2D eigenvalue weighted by Crippen LogP contribution is 2.46. The summed E-state index contributed by atoms with van der Waals surface area (Å²) >= 11 is 0. The van der Waals surface area contributed by atoms with E-state index in [0.29, 0.717) is 44.2 Å². The summed E-state index contributed by atoms with van der Waals surface area (Å²) in [7, 11) is 0. The molecule has 2 fully saturated rings. The Morgan fingerprint density at radius 1 is 1.12 bits per heavy atom. The Balaban J connectivity index is 1.34. The summed E-state index contributed by atoms with van der Waals surface area (Å²) in [5, 5.41) is 4.15. The molecule has 9 heteroatoms. The number of nitrogens with zero attached hydrogens (tertiary/aromatic N) is 4. The van der Waals surface area contributed by atoms with Crippen LogP contribution in [-0.4, -0.2) is 53.3 Å². The molecule has 0 aromatic carbocycles. The summed E-state index contributed by atoms with van der Waals surface area (Å²) in [4.78, 5) is 26.0. The second kappa shape index (κ2) is 8.23. The first-order valence-electron chi connectivity index (χ1n) is 11.3. The third kappa shape index (κ3) is 4.57. The number of carbonyl (C=O) groups excluding carboxylic acids is 1. The van der Waals surface area contributed by atoms with Gasteiger partial charge in [-0.2, -0.15) is 13.2 Å². The van der Waals surface area contributed by atoms with Crippen molar-refractivity contribution in [3.63, 3.8) is 0 Å². The number of hydrogen-bond donors (Lipinski definition) is 0. The molecule has 0 N–H and O–H groups in total. The summed E-state index contributed by atoms with van der Waals surface area (Å²) in [6.07, 6.45) is 1.32. The van der Waals surface area contributed by atoms with Gasteiger partial charge in [0.1, 0.15) is 17.1 Å². The van der Waals surface area contributed by atoms with E-state index in [0.717, 1.165) is 31.7 Å². The van der Waals surface area contributed by atoms with E-state index in [1.54, 1.807) is 9.80 Å². The molecule has 1 amide bonds. The van der Waals surface area contributed by atoms with E-state index in [1.165, 1.54) is 12.3 Å². The fourth-order valence-electron chi connectivity index (χ4n) is 5.09. The van der Waals surface area contributed by atoms with E-state index >= 15 is 0 Å². The Labute approximate surface area is 186 Å². The molecule has 0 bridgehead atoms. The van der Waals surface area contributed by atoms with Gasteiger partial charge in [0, 0.05) is 38.8 Å². The minimum absolute atomic E-state index is 0.0804. The van der Waals surface area contributed by atoms with Crippen molar-refractivity contribution in [2.75, 3.05) is 31.1 Å². The van der Waals surface area contributed by atoms with Gasteiger partial charge < -0.3 is 14.6 Å². The fraction of sp³-hybridized carbons (Fsp3) is 0.696. The number of hydrogen-bond acceptors (Lipinski definition) is 5. The summed E-state index contributed by atoms with van der Waals surface area (Å²) in [5.41, 5.74) is -0.425. The highest BCUT2D eigenvalue weighted by atomic mass is 19.4. The predicted molar refractivity (Wildman–Crippen MR) is 115 cm³/mol. The van der Waals surface area contributed by atoms with Gasteiger partial charge >= 0.3 is 6.18 Å². The molecule has 32 heavy (non-hydrogen) atoms. The molecule has 1 saturated heterocycles. The number of carbonyl (C=O) groups is 1. The van der Waals surface area contributed by atoms with Gasteiger partial charge in [0.15, 0.2) is 0 Å². The number of pyridine rings is 1. The van der Waals surface area contributed by atoms with E-state index in [-0.39, 0.29) is 22.7 Å². The second-order valence-electron chi connectivity index (χ2n) is 10.3. The molecule has 1 aromatic heterocycles. The average Bonchev–Trinajstić information content (AvgIpc) is 3.16. The summed E-state index contributed by atoms with van der Waals surface area (Å²) < 4.78 is 39.9. The zero-order valence-corrected chi connectivity index (χ0v) is 18.9. The minimum atomic E-state index is -4.47. The maximum Gasteiger partial charge on any atom is 0.419 e. The molecule has 0 unspecified atom stereocenters. The van der Waals surface area contributed by atoms with Crippen LogP contribution in [0.5, 0.6) is 0 Å². The fourth-order valence-corrected chi connectivity index (χ4v) is 5.09. The number of rotatable bonds is 2. The van der Waals surface area contributed by atoms with Crippen LogP contribution in [-0.2, 0) is 15.8 Å². The smallest absolute Gasteiger partial charge is 0.388 e. The lowest BCUT2D eigenvalue weighted by Gasteiger charge is -2.40.